The first-order valence-electron chi connectivity index (χ1n) is 5.90. The molecule has 0 aliphatic rings. The van der Waals surface area contributed by atoms with E-state index in [1.807, 2.05) is 38.2 Å². The van der Waals surface area contributed by atoms with E-state index in [0.29, 0.717) is 0 Å². The molecule has 2 rings (SSSR count). The Morgan fingerprint density at radius 2 is 2.00 bits per heavy atom. The van der Waals surface area contributed by atoms with Crippen molar-refractivity contribution in [1.82, 2.24) is 9.61 Å². The lowest BCUT2D eigenvalue weighted by molar-refractivity contribution is -0.129. The summed E-state index contributed by atoms with van der Waals surface area (Å²) in [6, 6.07) is 5.78. The average molecular weight is 249 g/mol. The maximum atomic E-state index is 10.0. The molecule has 0 aliphatic carbocycles. The number of nitrogens with zero attached hydrogens (tertiary/aromatic N) is 2. The maximum absolute atomic E-state index is 10.0. The van der Waals surface area contributed by atoms with Crippen molar-refractivity contribution in [1.29, 1.82) is 0 Å². The van der Waals surface area contributed by atoms with Gasteiger partial charge in [0, 0.05) is 6.20 Å². The Morgan fingerprint density at radius 1 is 1.28 bits per heavy atom. The van der Waals surface area contributed by atoms with Crippen LogP contribution in [0.1, 0.15) is 27.7 Å². The molecule has 0 radical (unpaired) electrons. The second kappa shape index (κ2) is 4.26. The fraction of sp³-hybridized carbons (Fsp3) is 0.462. The second-order valence-electron chi connectivity index (χ2n) is 5.36. The van der Waals surface area contributed by atoms with E-state index in [2.05, 4.69) is 10.6 Å². The second-order valence-corrected chi connectivity index (χ2v) is 5.36. The number of hydrogen-bond acceptors (Lipinski definition) is 4. The van der Waals surface area contributed by atoms with E-state index in [9.17, 15) is 5.11 Å². The van der Waals surface area contributed by atoms with Crippen molar-refractivity contribution < 1.29 is 9.94 Å². The summed E-state index contributed by atoms with van der Waals surface area (Å²) in [5.41, 5.74) is 2.88. The molecule has 0 fully saturated rings. The zero-order valence-electron chi connectivity index (χ0n) is 11.1. The van der Waals surface area contributed by atoms with Crippen molar-refractivity contribution in [3.05, 3.63) is 30.6 Å². The first-order chi connectivity index (χ1) is 8.31. The Kier molecular flexibility index (Phi) is 3.04. The van der Waals surface area contributed by atoms with Gasteiger partial charge < -0.3 is 5.11 Å². The molecule has 0 atom stereocenters. The van der Waals surface area contributed by atoms with Crippen molar-refractivity contribution in [3.8, 4) is 0 Å². The van der Waals surface area contributed by atoms with E-state index in [4.69, 9.17) is 4.84 Å². The molecule has 0 saturated carbocycles. The van der Waals surface area contributed by atoms with Gasteiger partial charge in [-0.3, -0.25) is 10.3 Å². The molecule has 0 unspecified atom stereocenters. The van der Waals surface area contributed by atoms with Crippen LogP contribution < -0.4 is 5.48 Å². The van der Waals surface area contributed by atoms with E-state index in [1.54, 1.807) is 24.6 Å². The summed E-state index contributed by atoms with van der Waals surface area (Å²) in [6.07, 6.45) is 3.55. The topological polar surface area (TPSA) is 58.8 Å². The van der Waals surface area contributed by atoms with Crippen molar-refractivity contribution in [2.45, 2.75) is 38.9 Å². The van der Waals surface area contributed by atoms with Gasteiger partial charge in [0.05, 0.1) is 17.3 Å². The average Bonchev–Trinajstić information content (AvgIpc) is 2.68. The van der Waals surface area contributed by atoms with Crippen LogP contribution in [-0.4, -0.2) is 25.9 Å². The number of anilines is 1. The third-order valence-electron chi connectivity index (χ3n) is 3.32. The molecular weight excluding hydrogens is 230 g/mol. The lowest BCUT2D eigenvalue weighted by Gasteiger charge is -2.36. The van der Waals surface area contributed by atoms with Crippen LogP contribution >= 0.6 is 0 Å². The van der Waals surface area contributed by atoms with Gasteiger partial charge in [-0.05, 0) is 39.8 Å². The highest BCUT2D eigenvalue weighted by molar-refractivity contribution is 5.69. The standard InChI is InChI=1S/C13H19N3O2/c1-12(2,17)13(3,4)18-15-10-9-14-16-8-6-5-7-11(10)16/h5-9,15,17H,1-4H3. The largest absolute Gasteiger partial charge is 0.387 e. The van der Waals surface area contributed by atoms with Crippen LogP contribution in [0.2, 0.25) is 0 Å². The maximum Gasteiger partial charge on any atom is 0.118 e. The zero-order valence-corrected chi connectivity index (χ0v) is 11.1. The number of hydrogen-bond donors (Lipinski definition) is 2. The van der Waals surface area contributed by atoms with Crippen LogP contribution in [0, 0.1) is 0 Å². The Balaban J connectivity index is 2.16. The van der Waals surface area contributed by atoms with Gasteiger partial charge in [0.25, 0.3) is 0 Å². The summed E-state index contributed by atoms with van der Waals surface area (Å²) >= 11 is 0. The van der Waals surface area contributed by atoms with Crippen molar-refractivity contribution in [3.63, 3.8) is 0 Å². The van der Waals surface area contributed by atoms with E-state index < -0.39 is 11.2 Å². The normalized spacial score (nSPS) is 12.9. The molecule has 0 aromatic carbocycles. The van der Waals surface area contributed by atoms with Gasteiger partial charge in [-0.25, -0.2) is 4.52 Å². The van der Waals surface area contributed by atoms with Crippen LogP contribution in [-0.2, 0) is 4.84 Å². The molecule has 2 N–H and O–H groups in total. The first kappa shape index (κ1) is 12.9. The zero-order chi connectivity index (χ0) is 13.4. The summed E-state index contributed by atoms with van der Waals surface area (Å²) in [7, 11) is 0. The lowest BCUT2D eigenvalue weighted by atomic mass is 9.90. The summed E-state index contributed by atoms with van der Waals surface area (Å²) in [5, 5.41) is 14.2. The molecule has 98 valence electrons. The minimum absolute atomic E-state index is 0.726. The molecular formula is C13H19N3O2. The Labute approximate surface area is 106 Å². The van der Waals surface area contributed by atoms with Gasteiger partial charge in [0.2, 0.25) is 0 Å². The Hall–Kier alpha value is -1.59. The number of rotatable bonds is 4. The van der Waals surface area contributed by atoms with Gasteiger partial charge in [-0.1, -0.05) is 6.07 Å². The number of aromatic nitrogens is 2. The molecule has 0 spiro atoms. The minimum Gasteiger partial charge on any atom is -0.387 e. The van der Waals surface area contributed by atoms with E-state index in [0.717, 1.165) is 11.2 Å². The van der Waals surface area contributed by atoms with Crippen LogP contribution in [0.4, 0.5) is 5.69 Å². The van der Waals surface area contributed by atoms with Gasteiger partial charge in [-0.2, -0.15) is 5.10 Å². The number of pyridine rings is 1. The summed E-state index contributed by atoms with van der Waals surface area (Å²) < 4.78 is 1.75. The number of aliphatic hydroxyl groups is 1. The number of fused-ring (bicyclic) bond motifs is 1. The van der Waals surface area contributed by atoms with Crippen molar-refractivity contribution in [2.75, 3.05) is 5.48 Å². The lowest BCUT2D eigenvalue weighted by Crippen LogP contribution is -2.48. The fourth-order valence-electron chi connectivity index (χ4n) is 1.32. The molecule has 0 bridgehead atoms. The third-order valence-corrected chi connectivity index (χ3v) is 3.32. The molecule has 0 aliphatic heterocycles. The monoisotopic (exact) mass is 249 g/mol. The van der Waals surface area contributed by atoms with Crippen molar-refractivity contribution in [2.24, 2.45) is 0 Å². The summed E-state index contributed by atoms with van der Waals surface area (Å²) in [5.74, 6) is 0. The quantitative estimate of drug-likeness (QED) is 0.816. The molecule has 2 aromatic heterocycles. The summed E-state index contributed by atoms with van der Waals surface area (Å²) in [6.45, 7) is 7.08. The van der Waals surface area contributed by atoms with Crippen LogP contribution in [0.25, 0.3) is 5.52 Å². The molecule has 5 heteroatoms. The number of nitrogens with one attached hydrogen (secondary N) is 1. The van der Waals surface area contributed by atoms with Crippen LogP contribution in [0.5, 0.6) is 0 Å². The smallest absolute Gasteiger partial charge is 0.118 e. The predicted octanol–water partition coefficient (Wildman–Crippen LogP) is 2.23. The first-order valence-corrected chi connectivity index (χ1v) is 5.90. The van der Waals surface area contributed by atoms with E-state index in [1.165, 1.54) is 0 Å². The molecule has 0 amide bonds. The summed E-state index contributed by atoms with van der Waals surface area (Å²) in [4.78, 5) is 5.59. The molecule has 2 heterocycles. The molecule has 5 nitrogen and oxygen atoms in total. The molecule has 0 saturated heterocycles. The van der Waals surface area contributed by atoms with E-state index in [-0.39, 0.29) is 0 Å². The van der Waals surface area contributed by atoms with Crippen molar-refractivity contribution >= 4 is 11.2 Å². The van der Waals surface area contributed by atoms with Gasteiger partial charge in [-0.15, -0.1) is 0 Å². The van der Waals surface area contributed by atoms with Gasteiger partial charge in [0.15, 0.2) is 0 Å². The van der Waals surface area contributed by atoms with Gasteiger partial charge in [0.1, 0.15) is 11.3 Å². The highest BCUT2D eigenvalue weighted by Gasteiger charge is 2.37. The van der Waals surface area contributed by atoms with Crippen LogP contribution in [0.15, 0.2) is 30.6 Å². The highest BCUT2D eigenvalue weighted by Crippen LogP contribution is 2.26. The van der Waals surface area contributed by atoms with E-state index >= 15 is 0 Å². The third kappa shape index (κ3) is 2.32. The Bertz CT molecular complexity index is 540. The molecule has 18 heavy (non-hydrogen) atoms. The van der Waals surface area contributed by atoms with Crippen LogP contribution in [0.3, 0.4) is 0 Å². The molecule has 2 aromatic rings. The highest BCUT2D eigenvalue weighted by atomic mass is 16.7. The van der Waals surface area contributed by atoms with Gasteiger partial charge >= 0.3 is 0 Å². The Morgan fingerprint density at radius 3 is 2.67 bits per heavy atom. The predicted molar refractivity (Wildman–Crippen MR) is 70.3 cm³/mol. The SMILES string of the molecule is CC(C)(O)C(C)(C)ONc1cnn2ccccc12. The fourth-order valence-corrected chi connectivity index (χ4v) is 1.32. The minimum atomic E-state index is -0.955.